The summed E-state index contributed by atoms with van der Waals surface area (Å²) < 4.78 is 0. The molecule has 21 heavy (non-hydrogen) atoms. The first-order valence-electron chi connectivity index (χ1n) is 8.94. The van der Waals surface area contributed by atoms with E-state index in [1.54, 1.807) is 0 Å². The molecule has 2 nitrogen and oxygen atoms in total. The van der Waals surface area contributed by atoms with Crippen molar-refractivity contribution in [2.75, 3.05) is 6.54 Å². The first kappa shape index (κ1) is 13.8. The van der Waals surface area contributed by atoms with E-state index in [9.17, 15) is 0 Å². The molecule has 0 radical (unpaired) electrons. The molecule has 1 aromatic carbocycles. The molecule has 1 aromatic rings. The highest BCUT2D eigenvalue weighted by molar-refractivity contribution is 5.32. The number of rotatable bonds is 1. The first-order valence-corrected chi connectivity index (χ1v) is 8.94. The second kappa shape index (κ2) is 5.73. The number of nitrogens with zero attached hydrogens (tertiary/aromatic N) is 1. The number of likely N-dealkylation sites (tertiary alicyclic amines) is 1. The summed E-state index contributed by atoms with van der Waals surface area (Å²) in [5.74, 6) is 0.962. The number of aryl methyl sites for hydroxylation is 1. The average Bonchev–Trinajstić information content (AvgIpc) is 2.94. The molecule has 3 aliphatic rings. The summed E-state index contributed by atoms with van der Waals surface area (Å²) in [6, 6.07) is 10.5. The monoisotopic (exact) mass is 284 g/mol. The van der Waals surface area contributed by atoms with E-state index in [-0.39, 0.29) is 6.04 Å². The van der Waals surface area contributed by atoms with Crippen LogP contribution in [0.25, 0.3) is 0 Å². The second-order valence-electron chi connectivity index (χ2n) is 7.32. The molecule has 2 aliphatic carbocycles. The fraction of sp³-hybridized carbons (Fsp3) is 0.684. The molecule has 1 heterocycles. The van der Waals surface area contributed by atoms with Crippen LogP contribution in [0.3, 0.4) is 0 Å². The van der Waals surface area contributed by atoms with E-state index < -0.39 is 0 Å². The molecule has 4 atom stereocenters. The van der Waals surface area contributed by atoms with E-state index in [1.165, 1.54) is 69.0 Å². The van der Waals surface area contributed by atoms with Gasteiger partial charge in [0.05, 0.1) is 0 Å². The molecule has 0 bridgehead atoms. The van der Waals surface area contributed by atoms with Crippen LogP contribution in [0.1, 0.15) is 62.1 Å². The zero-order valence-electron chi connectivity index (χ0n) is 13.0. The minimum Gasteiger partial charge on any atom is -0.323 e. The third kappa shape index (κ3) is 2.43. The van der Waals surface area contributed by atoms with Crippen molar-refractivity contribution in [3.63, 3.8) is 0 Å². The molecular formula is C19H28N2. The molecule has 0 amide bonds. The highest BCUT2D eigenvalue weighted by Gasteiger charge is 2.40. The van der Waals surface area contributed by atoms with Gasteiger partial charge in [-0.1, -0.05) is 30.7 Å². The highest BCUT2D eigenvalue weighted by Crippen LogP contribution is 2.41. The van der Waals surface area contributed by atoms with Crippen LogP contribution < -0.4 is 5.73 Å². The lowest BCUT2D eigenvalue weighted by molar-refractivity contribution is 0.0512. The maximum absolute atomic E-state index is 6.76. The minimum atomic E-state index is 0.211. The summed E-state index contributed by atoms with van der Waals surface area (Å²) in [7, 11) is 0. The molecule has 0 spiro atoms. The Morgan fingerprint density at radius 1 is 0.905 bits per heavy atom. The molecule has 2 fully saturated rings. The van der Waals surface area contributed by atoms with E-state index >= 15 is 0 Å². The van der Waals surface area contributed by atoms with Gasteiger partial charge < -0.3 is 5.73 Å². The van der Waals surface area contributed by atoms with Crippen molar-refractivity contribution in [3.05, 3.63) is 35.4 Å². The van der Waals surface area contributed by atoms with E-state index in [4.69, 9.17) is 5.73 Å². The smallest absolute Gasteiger partial charge is 0.0455 e. The molecule has 0 aromatic heterocycles. The largest absolute Gasteiger partial charge is 0.323 e. The lowest BCUT2D eigenvalue weighted by Gasteiger charge is -2.44. The van der Waals surface area contributed by atoms with Crippen molar-refractivity contribution in [2.24, 2.45) is 11.7 Å². The zero-order valence-corrected chi connectivity index (χ0v) is 13.0. The molecule has 1 aliphatic heterocycles. The Labute approximate surface area is 128 Å². The van der Waals surface area contributed by atoms with Gasteiger partial charge in [-0.15, -0.1) is 0 Å². The summed E-state index contributed by atoms with van der Waals surface area (Å²) in [5.41, 5.74) is 9.67. The maximum atomic E-state index is 6.76. The zero-order chi connectivity index (χ0) is 14.2. The van der Waals surface area contributed by atoms with Gasteiger partial charge in [0.15, 0.2) is 0 Å². The van der Waals surface area contributed by atoms with E-state index in [0.717, 1.165) is 12.0 Å². The molecule has 4 rings (SSSR count). The van der Waals surface area contributed by atoms with E-state index in [0.29, 0.717) is 6.04 Å². The Morgan fingerprint density at radius 2 is 1.71 bits per heavy atom. The fourth-order valence-electron chi connectivity index (χ4n) is 5.25. The van der Waals surface area contributed by atoms with Crippen molar-refractivity contribution >= 4 is 0 Å². The SMILES string of the molecule is NC1c2ccccc2CCCC1N1CCCC2CCCC21. The average molecular weight is 284 g/mol. The lowest BCUT2D eigenvalue weighted by Crippen LogP contribution is -2.52. The van der Waals surface area contributed by atoms with Gasteiger partial charge >= 0.3 is 0 Å². The van der Waals surface area contributed by atoms with Crippen LogP contribution in [0.5, 0.6) is 0 Å². The Balaban J connectivity index is 1.62. The lowest BCUT2D eigenvalue weighted by atomic mass is 9.87. The molecular weight excluding hydrogens is 256 g/mol. The molecule has 2 heteroatoms. The first-order chi connectivity index (χ1) is 10.3. The van der Waals surface area contributed by atoms with Crippen LogP contribution in [-0.2, 0) is 6.42 Å². The van der Waals surface area contributed by atoms with Gasteiger partial charge in [-0.05, 0) is 68.5 Å². The number of benzene rings is 1. The van der Waals surface area contributed by atoms with Gasteiger partial charge in [-0.3, -0.25) is 4.90 Å². The Hall–Kier alpha value is -0.860. The summed E-state index contributed by atoms with van der Waals surface area (Å²) in [6.07, 6.45) is 10.9. The topological polar surface area (TPSA) is 29.3 Å². The fourth-order valence-corrected chi connectivity index (χ4v) is 5.25. The summed E-state index contributed by atoms with van der Waals surface area (Å²) in [6.45, 7) is 1.28. The second-order valence-corrected chi connectivity index (χ2v) is 7.32. The van der Waals surface area contributed by atoms with Gasteiger partial charge in [0.25, 0.3) is 0 Å². The molecule has 4 unspecified atom stereocenters. The van der Waals surface area contributed by atoms with Gasteiger partial charge in [-0.25, -0.2) is 0 Å². The van der Waals surface area contributed by atoms with Crippen LogP contribution in [-0.4, -0.2) is 23.5 Å². The summed E-state index contributed by atoms with van der Waals surface area (Å²) in [5, 5.41) is 0. The number of piperidine rings is 1. The predicted molar refractivity (Wildman–Crippen MR) is 87.2 cm³/mol. The molecule has 1 saturated heterocycles. The van der Waals surface area contributed by atoms with E-state index in [2.05, 4.69) is 29.2 Å². The maximum Gasteiger partial charge on any atom is 0.0455 e. The Kier molecular flexibility index (Phi) is 3.76. The van der Waals surface area contributed by atoms with Crippen LogP contribution in [0, 0.1) is 5.92 Å². The number of hydrogen-bond acceptors (Lipinski definition) is 2. The normalized spacial score (nSPS) is 36.8. The number of fused-ring (bicyclic) bond motifs is 2. The Morgan fingerprint density at radius 3 is 2.67 bits per heavy atom. The molecule has 114 valence electrons. The quantitative estimate of drug-likeness (QED) is 0.798. The van der Waals surface area contributed by atoms with Crippen LogP contribution in [0.15, 0.2) is 24.3 Å². The van der Waals surface area contributed by atoms with Crippen molar-refractivity contribution in [2.45, 2.75) is 69.5 Å². The third-order valence-electron chi connectivity index (χ3n) is 6.24. The van der Waals surface area contributed by atoms with Crippen LogP contribution in [0.4, 0.5) is 0 Å². The number of hydrogen-bond donors (Lipinski definition) is 1. The molecule has 1 saturated carbocycles. The third-order valence-corrected chi connectivity index (χ3v) is 6.24. The van der Waals surface area contributed by atoms with Crippen molar-refractivity contribution in [1.82, 2.24) is 4.90 Å². The number of nitrogens with two attached hydrogens (primary N) is 1. The Bertz CT molecular complexity index is 498. The van der Waals surface area contributed by atoms with Gasteiger partial charge in [0.1, 0.15) is 0 Å². The summed E-state index contributed by atoms with van der Waals surface area (Å²) >= 11 is 0. The van der Waals surface area contributed by atoms with E-state index in [1.807, 2.05) is 0 Å². The van der Waals surface area contributed by atoms with Crippen LogP contribution in [0.2, 0.25) is 0 Å². The standard InChI is InChI=1S/C19H28N2/c20-19-16-10-2-1-6-14(16)7-3-12-18(19)21-13-5-9-15-8-4-11-17(15)21/h1-2,6,10,15,17-19H,3-5,7-9,11-13,20H2. The van der Waals surface area contributed by atoms with Gasteiger partial charge in [-0.2, -0.15) is 0 Å². The van der Waals surface area contributed by atoms with Crippen molar-refractivity contribution < 1.29 is 0 Å². The molecule has 2 N–H and O–H groups in total. The van der Waals surface area contributed by atoms with Crippen molar-refractivity contribution in [3.8, 4) is 0 Å². The highest BCUT2D eigenvalue weighted by atomic mass is 15.2. The van der Waals surface area contributed by atoms with Gasteiger partial charge in [0, 0.05) is 18.1 Å². The van der Waals surface area contributed by atoms with Gasteiger partial charge in [0.2, 0.25) is 0 Å². The minimum absolute atomic E-state index is 0.211. The summed E-state index contributed by atoms with van der Waals surface area (Å²) in [4.78, 5) is 2.83. The van der Waals surface area contributed by atoms with Crippen LogP contribution >= 0.6 is 0 Å². The van der Waals surface area contributed by atoms with Crippen molar-refractivity contribution in [1.29, 1.82) is 0 Å². The predicted octanol–water partition coefficient (Wildman–Crippen LogP) is 3.66.